The summed E-state index contributed by atoms with van der Waals surface area (Å²) in [6.45, 7) is 2.15. The number of nitrogens with one attached hydrogen (secondary N) is 3. The fourth-order valence-electron chi connectivity index (χ4n) is 4.29. The number of carbonyl (C=O) groups is 1. The van der Waals surface area contributed by atoms with Crippen molar-refractivity contribution in [3.63, 3.8) is 0 Å². The molecule has 37 heavy (non-hydrogen) atoms. The molecule has 194 valence electrons. The summed E-state index contributed by atoms with van der Waals surface area (Å²) < 4.78 is 27.7. The van der Waals surface area contributed by atoms with Gasteiger partial charge in [-0.25, -0.2) is 8.78 Å². The smallest absolute Gasteiger partial charge is 0.261 e. The van der Waals surface area contributed by atoms with Gasteiger partial charge in [-0.15, -0.1) is 0 Å². The van der Waals surface area contributed by atoms with E-state index in [9.17, 15) is 13.6 Å². The van der Waals surface area contributed by atoms with Crippen LogP contribution < -0.4 is 20.9 Å². The third-order valence-corrected chi connectivity index (χ3v) is 6.92. The molecule has 4 rings (SSSR count). The Hall–Kier alpha value is -3.27. The van der Waals surface area contributed by atoms with Crippen molar-refractivity contribution in [1.29, 1.82) is 0 Å². The van der Waals surface area contributed by atoms with Gasteiger partial charge in [-0.05, 0) is 99.8 Å². The molecular weight excluding hydrogens is 516 g/mol. The van der Waals surface area contributed by atoms with Gasteiger partial charge in [0, 0.05) is 30.2 Å². The summed E-state index contributed by atoms with van der Waals surface area (Å²) in [5.74, 6) is -2.71. The summed E-state index contributed by atoms with van der Waals surface area (Å²) in [5, 5.41) is 9.67. The van der Waals surface area contributed by atoms with Crippen molar-refractivity contribution in [3.8, 4) is 0 Å². The molecule has 0 aromatic heterocycles. The minimum Gasteiger partial charge on any atom is -0.370 e. The molecule has 0 aliphatic carbocycles. The number of anilines is 4. The number of carbonyl (C=O) groups excluding carboxylic acids is 1. The van der Waals surface area contributed by atoms with Crippen molar-refractivity contribution in [1.82, 2.24) is 4.90 Å². The highest BCUT2D eigenvalue weighted by Crippen LogP contribution is 2.31. The number of amides is 1. The second-order valence-corrected chi connectivity index (χ2v) is 9.83. The number of halogens is 3. The van der Waals surface area contributed by atoms with E-state index in [0.29, 0.717) is 27.6 Å². The van der Waals surface area contributed by atoms with Crippen LogP contribution in [0, 0.1) is 11.6 Å². The molecule has 1 aliphatic rings. The summed E-state index contributed by atoms with van der Waals surface area (Å²) in [7, 11) is 4.22. The maximum Gasteiger partial charge on any atom is 0.261 e. The predicted octanol–water partition coefficient (Wildman–Crippen LogP) is 6.21. The lowest BCUT2D eigenvalue weighted by Gasteiger charge is -2.36. The van der Waals surface area contributed by atoms with Crippen LogP contribution in [-0.2, 0) is 0 Å². The van der Waals surface area contributed by atoms with Gasteiger partial charge in [0.2, 0.25) is 0 Å². The summed E-state index contributed by atoms with van der Waals surface area (Å²) in [6.07, 6.45) is 2.19. The van der Waals surface area contributed by atoms with Crippen molar-refractivity contribution in [2.45, 2.75) is 18.9 Å². The Morgan fingerprint density at radius 2 is 1.49 bits per heavy atom. The molecular formula is C27H28ClF2N5OS. The second-order valence-electron chi connectivity index (χ2n) is 9.02. The van der Waals surface area contributed by atoms with Gasteiger partial charge in [0.15, 0.2) is 5.11 Å². The lowest BCUT2D eigenvalue weighted by Crippen LogP contribution is -2.42. The third-order valence-electron chi connectivity index (χ3n) is 6.41. The van der Waals surface area contributed by atoms with Crippen LogP contribution in [0.1, 0.15) is 23.2 Å². The van der Waals surface area contributed by atoms with Crippen LogP contribution in [-0.4, -0.2) is 49.1 Å². The zero-order chi connectivity index (χ0) is 26.5. The van der Waals surface area contributed by atoms with Crippen molar-refractivity contribution in [2.24, 2.45) is 0 Å². The molecule has 0 unspecified atom stereocenters. The SMILES string of the molecule is CN1CCC(N(C)c2ccc(NC(=S)Nc3ccc(NC(=O)c4c(F)cccc4F)cc3)cc2Cl)CC1. The molecule has 3 N–H and O–H groups in total. The Bertz CT molecular complexity index is 1260. The summed E-state index contributed by atoms with van der Waals surface area (Å²) >= 11 is 12.0. The topological polar surface area (TPSA) is 59.6 Å². The zero-order valence-corrected chi connectivity index (χ0v) is 22.1. The Balaban J connectivity index is 1.32. The van der Waals surface area contributed by atoms with Gasteiger partial charge in [-0.1, -0.05) is 17.7 Å². The van der Waals surface area contributed by atoms with Crippen LogP contribution in [0.2, 0.25) is 5.02 Å². The number of nitrogens with zero attached hydrogens (tertiary/aromatic N) is 2. The van der Waals surface area contributed by atoms with Crippen LogP contribution in [0.25, 0.3) is 0 Å². The summed E-state index contributed by atoms with van der Waals surface area (Å²) in [4.78, 5) is 16.8. The summed E-state index contributed by atoms with van der Waals surface area (Å²) in [6, 6.07) is 16.1. The van der Waals surface area contributed by atoms with Gasteiger partial charge in [0.25, 0.3) is 5.91 Å². The quantitative estimate of drug-likeness (QED) is 0.321. The fraction of sp³-hybridized carbons (Fsp3) is 0.259. The normalized spacial score (nSPS) is 14.2. The maximum absolute atomic E-state index is 13.8. The molecule has 3 aromatic rings. The Labute approximate surface area is 225 Å². The highest BCUT2D eigenvalue weighted by Gasteiger charge is 2.22. The highest BCUT2D eigenvalue weighted by molar-refractivity contribution is 7.80. The molecule has 0 radical (unpaired) electrons. The first-order valence-corrected chi connectivity index (χ1v) is 12.6. The van der Waals surface area contributed by atoms with Gasteiger partial charge >= 0.3 is 0 Å². The lowest BCUT2D eigenvalue weighted by atomic mass is 10.0. The minimum absolute atomic E-state index is 0.359. The van der Waals surface area contributed by atoms with Gasteiger partial charge in [0.05, 0.1) is 10.7 Å². The van der Waals surface area contributed by atoms with Crippen molar-refractivity contribution < 1.29 is 13.6 Å². The van der Waals surface area contributed by atoms with E-state index in [0.717, 1.165) is 49.4 Å². The molecule has 0 spiro atoms. The standard InChI is InChI=1S/C27H28ClF2N5OS/c1-34-14-12-20(13-15-34)35(2)24-11-10-19(16-21(24)28)33-27(37)32-18-8-6-17(7-9-18)31-26(36)25-22(29)4-3-5-23(25)30/h3-11,16,20H,12-15H2,1-2H3,(H,31,36)(H2,32,33,37). The number of hydrogen-bond donors (Lipinski definition) is 3. The predicted molar refractivity (Wildman–Crippen MR) is 151 cm³/mol. The molecule has 3 aromatic carbocycles. The first-order valence-electron chi connectivity index (χ1n) is 11.9. The Morgan fingerprint density at radius 1 is 0.946 bits per heavy atom. The monoisotopic (exact) mass is 543 g/mol. The van der Waals surface area contributed by atoms with Crippen molar-refractivity contribution >= 4 is 57.6 Å². The van der Waals surface area contributed by atoms with E-state index in [1.807, 2.05) is 18.2 Å². The lowest BCUT2D eigenvalue weighted by molar-refractivity contribution is 0.101. The third kappa shape index (κ3) is 6.74. The first kappa shape index (κ1) is 26.8. The largest absolute Gasteiger partial charge is 0.370 e. The number of hydrogen-bond acceptors (Lipinski definition) is 4. The van der Waals surface area contributed by atoms with Gasteiger partial charge in [-0.3, -0.25) is 4.79 Å². The van der Waals surface area contributed by atoms with E-state index < -0.39 is 23.1 Å². The fourth-order valence-corrected chi connectivity index (χ4v) is 4.84. The number of piperidine rings is 1. The van der Waals surface area contributed by atoms with E-state index in [4.69, 9.17) is 23.8 Å². The van der Waals surface area contributed by atoms with Crippen LogP contribution in [0.3, 0.4) is 0 Å². The molecule has 0 bridgehead atoms. The first-order chi connectivity index (χ1) is 17.7. The van der Waals surface area contributed by atoms with Crippen molar-refractivity contribution in [3.05, 3.63) is 82.9 Å². The Morgan fingerprint density at radius 3 is 2.08 bits per heavy atom. The number of rotatable bonds is 6. The van der Waals surface area contributed by atoms with E-state index in [2.05, 4.69) is 39.8 Å². The number of thiocarbonyl (C=S) groups is 1. The van der Waals surface area contributed by atoms with Crippen LogP contribution in [0.5, 0.6) is 0 Å². The molecule has 0 atom stereocenters. The van der Waals surface area contributed by atoms with E-state index >= 15 is 0 Å². The zero-order valence-electron chi connectivity index (χ0n) is 20.5. The summed E-state index contributed by atoms with van der Waals surface area (Å²) in [5.41, 5.74) is 2.15. The highest BCUT2D eigenvalue weighted by atomic mass is 35.5. The second kappa shape index (κ2) is 11.9. The van der Waals surface area contributed by atoms with E-state index in [1.54, 1.807) is 24.3 Å². The number of benzene rings is 3. The molecule has 1 saturated heterocycles. The van der Waals surface area contributed by atoms with Gasteiger partial charge in [0.1, 0.15) is 17.2 Å². The van der Waals surface area contributed by atoms with E-state index in [-0.39, 0.29) is 0 Å². The molecule has 1 heterocycles. The van der Waals surface area contributed by atoms with Crippen LogP contribution >= 0.6 is 23.8 Å². The molecule has 10 heteroatoms. The molecule has 1 amide bonds. The van der Waals surface area contributed by atoms with Crippen LogP contribution in [0.4, 0.5) is 31.5 Å². The molecule has 1 aliphatic heterocycles. The molecule has 6 nitrogen and oxygen atoms in total. The maximum atomic E-state index is 13.8. The Kier molecular flexibility index (Phi) is 8.58. The van der Waals surface area contributed by atoms with Gasteiger partial charge < -0.3 is 25.8 Å². The molecule has 1 fully saturated rings. The van der Waals surface area contributed by atoms with Gasteiger partial charge in [-0.2, -0.15) is 0 Å². The molecule has 0 saturated carbocycles. The average Bonchev–Trinajstić information content (AvgIpc) is 2.85. The minimum atomic E-state index is -0.922. The number of likely N-dealkylation sites (tertiary alicyclic amines) is 1. The van der Waals surface area contributed by atoms with Crippen molar-refractivity contribution in [2.75, 3.05) is 48.0 Å². The average molecular weight is 544 g/mol. The van der Waals surface area contributed by atoms with Crippen LogP contribution in [0.15, 0.2) is 60.7 Å². The van der Waals surface area contributed by atoms with E-state index in [1.165, 1.54) is 6.07 Å².